The van der Waals surface area contributed by atoms with Crippen molar-refractivity contribution in [2.75, 3.05) is 12.4 Å². The minimum Gasteiger partial charge on any atom is -0.497 e. The lowest BCUT2D eigenvalue weighted by Crippen LogP contribution is -2.22. The lowest BCUT2D eigenvalue weighted by molar-refractivity contribution is 0.415. The fourth-order valence-corrected chi connectivity index (χ4v) is 2.27. The second-order valence-corrected chi connectivity index (χ2v) is 5.24. The highest BCUT2D eigenvalue weighted by Crippen LogP contribution is 2.22. The minimum atomic E-state index is -0.350. The fourth-order valence-electron chi connectivity index (χ4n) is 2.27. The Morgan fingerprint density at radius 1 is 1.08 bits per heavy atom. The van der Waals surface area contributed by atoms with Crippen molar-refractivity contribution in [3.63, 3.8) is 0 Å². The number of nitrogens with one attached hydrogen (secondary N) is 1. The SMILES string of the molecule is COc1ccc(-c2cccc(N=C(N)Nc3cccc(F)c3)n2)cc1. The van der Waals surface area contributed by atoms with Gasteiger partial charge in [-0.05, 0) is 54.6 Å². The highest BCUT2D eigenvalue weighted by Gasteiger charge is 2.03. The van der Waals surface area contributed by atoms with Crippen LogP contribution in [0.4, 0.5) is 15.9 Å². The summed E-state index contributed by atoms with van der Waals surface area (Å²) in [6, 6.07) is 19.0. The van der Waals surface area contributed by atoms with E-state index in [9.17, 15) is 4.39 Å². The number of hydrogen-bond acceptors (Lipinski definition) is 3. The third-order valence-electron chi connectivity index (χ3n) is 3.45. The molecular formula is C19H17FN4O. The third-order valence-corrected chi connectivity index (χ3v) is 3.45. The predicted molar refractivity (Wildman–Crippen MR) is 97.5 cm³/mol. The highest BCUT2D eigenvalue weighted by atomic mass is 19.1. The summed E-state index contributed by atoms with van der Waals surface area (Å²) in [4.78, 5) is 8.70. The molecular weight excluding hydrogens is 319 g/mol. The van der Waals surface area contributed by atoms with E-state index in [1.807, 2.05) is 36.4 Å². The van der Waals surface area contributed by atoms with Crippen LogP contribution in [0.15, 0.2) is 71.7 Å². The summed E-state index contributed by atoms with van der Waals surface area (Å²) in [5.74, 6) is 1.01. The van der Waals surface area contributed by atoms with Gasteiger partial charge in [-0.3, -0.25) is 0 Å². The summed E-state index contributed by atoms with van der Waals surface area (Å²) in [5.41, 5.74) is 8.10. The average Bonchev–Trinajstić information content (AvgIpc) is 2.62. The van der Waals surface area contributed by atoms with Crippen LogP contribution >= 0.6 is 0 Å². The number of aromatic nitrogens is 1. The van der Waals surface area contributed by atoms with Gasteiger partial charge in [-0.1, -0.05) is 12.1 Å². The average molecular weight is 336 g/mol. The molecule has 0 atom stereocenters. The van der Waals surface area contributed by atoms with Crippen LogP contribution < -0.4 is 15.8 Å². The molecule has 0 radical (unpaired) electrons. The maximum atomic E-state index is 13.2. The van der Waals surface area contributed by atoms with Crippen LogP contribution in [0.5, 0.6) is 5.75 Å². The van der Waals surface area contributed by atoms with E-state index < -0.39 is 0 Å². The zero-order valence-electron chi connectivity index (χ0n) is 13.6. The molecule has 3 rings (SSSR count). The maximum Gasteiger partial charge on any atom is 0.199 e. The summed E-state index contributed by atoms with van der Waals surface area (Å²) < 4.78 is 18.3. The van der Waals surface area contributed by atoms with Gasteiger partial charge in [-0.2, -0.15) is 4.99 Å². The van der Waals surface area contributed by atoms with Crippen molar-refractivity contribution >= 4 is 17.5 Å². The van der Waals surface area contributed by atoms with E-state index in [0.29, 0.717) is 11.5 Å². The zero-order chi connectivity index (χ0) is 17.6. The molecule has 1 heterocycles. The molecule has 0 unspecified atom stereocenters. The molecule has 1 aromatic heterocycles. The van der Waals surface area contributed by atoms with Crippen LogP contribution in [-0.4, -0.2) is 18.1 Å². The van der Waals surface area contributed by atoms with Crippen molar-refractivity contribution in [1.82, 2.24) is 4.98 Å². The molecule has 3 aromatic rings. The Bertz CT molecular complexity index is 894. The molecule has 0 bridgehead atoms. The van der Waals surface area contributed by atoms with Gasteiger partial charge in [0.1, 0.15) is 11.6 Å². The Kier molecular flexibility index (Phi) is 4.89. The number of ether oxygens (including phenoxy) is 1. The van der Waals surface area contributed by atoms with Gasteiger partial charge in [0.2, 0.25) is 0 Å². The number of hydrogen-bond donors (Lipinski definition) is 2. The highest BCUT2D eigenvalue weighted by molar-refractivity contribution is 5.93. The Labute approximate surface area is 145 Å². The van der Waals surface area contributed by atoms with E-state index in [1.165, 1.54) is 12.1 Å². The monoisotopic (exact) mass is 336 g/mol. The molecule has 0 saturated heterocycles. The first-order valence-corrected chi connectivity index (χ1v) is 7.62. The second-order valence-electron chi connectivity index (χ2n) is 5.24. The number of nitrogens with two attached hydrogens (primary N) is 1. The van der Waals surface area contributed by atoms with Crippen molar-refractivity contribution in [2.45, 2.75) is 0 Å². The first kappa shape index (κ1) is 16.4. The third kappa shape index (κ3) is 4.32. The van der Waals surface area contributed by atoms with Gasteiger partial charge in [0.15, 0.2) is 11.8 Å². The van der Waals surface area contributed by atoms with Crippen molar-refractivity contribution in [1.29, 1.82) is 0 Å². The van der Waals surface area contributed by atoms with E-state index in [1.54, 1.807) is 25.3 Å². The number of rotatable bonds is 4. The summed E-state index contributed by atoms with van der Waals surface area (Å²) in [7, 11) is 1.62. The molecule has 2 aromatic carbocycles. The Balaban J connectivity index is 1.80. The second kappa shape index (κ2) is 7.44. The van der Waals surface area contributed by atoms with E-state index >= 15 is 0 Å². The maximum absolute atomic E-state index is 13.2. The van der Waals surface area contributed by atoms with E-state index in [2.05, 4.69) is 15.3 Å². The molecule has 0 aliphatic rings. The molecule has 0 spiro atoms. The van der Waals surface area contributed by atoms with Gasteiger partial charge >= 0.3 is 0 Å². The van der Waals surface area contributed by atoms with Crippen LogP contribution in [0, 0.1) is 5.82 Å². The number of benzene rings is 2. The predicted octanol–water partition coefficient (Wildman–Crippen LogP) is 3.95. The summed E-state index contributed by atoms with van der Waals surface area (Å²) in [5, 5.41) is 2.84. The van der Waals surface area contributed by atoms with Gasteiger partial charge < -0.3 is 15.8 Å². The van der Waals surface area contributed by atoms with Crippen LogP contribution in [0.25, 0.3) is 11.3 Å². The smallest absolute Gasteiger partial charge is 0.199 e. The quantitative estimate of drug-likeness (QED) is 0.559. The van der Waals surface area contributed by atoms with Gasteiger partial charge in [-0.25, -0.2) is 9.37 Å². The molecule has 5 nitrogen and oxygen atoms in total. The van der Waals surface area contributed by atoms with Crippen molar-refractivity contribution in [2.24, 2.45) is 10.7 Å². The van der Waals surface area contributed by atoms with Crippen molar-refractivity contribution in [3.05, 3.63) is 72.5 Å². The number of methoxy groups -OCH3 is 1. The summed E-state index contributed by atoms with van der Waals surface area (Å²) in [6.45, 7) is 0. The zero-order valence-corrected chi connectivity index (χ0v) is 13.6. The molecule has 6 heteroatoms. The van der Waals surface area contributed by atoms with Gasteiger partial charge in [0.25, 0.3) is 0 Å². The molecule has 0 aliphatic carbocycles. The van der Waals surface area contributed by atoms with E-state index in [4.69, 9.17) is 10.5 Å². The summed E-state index contributed by atoms with van der Waals surface area (Å²) >= 11 is 0. The minimum absolute atomic E-state index is 0.130. The lowest BCUT2D eigenvalue weighted by atomic mass is 10.1. The van der Waals surface area contributed by atoms with Crippen LogP contribution in [-0.2, 0) is 0 Å². The number of halogens is 1. The van der Waals surface area contributed by atoms with E-state index in [-0.39, 0.29) is 11.8 Å². The van der Waals surface area contributed by atoms with Crippen LogP contribution in [0.2, 0.25) is 0 Å². The molecule has 0 aliphatic heterocycles. The molecule has 0 fully saturated rings. The molecule has 0 amide bonds. The van der Waals surface area contributed by atoms with Crippen molar-refractivity contribution in [3.8, 4) is 17.0 Å². The standard InChI is InChI=1S/C19H17FN4O/c1-25-16-10-8-13(9-11-16)17-6-3-7-18(23-17)24-19(21)22-15-5-2-4-14(20)12-15/h2-12H,1H3,(H3,21,22,23,24). The molecule has 0 saturated carbocycles. The largest absolute Gasteiger partial charge is 0.497 e. The molecule has 126 valence electrons. The molecule has 3 N–H and O–H groups in total. The lowest BCUT2D eigenvalue weighted by Gasteiger charge is -2.06. The summed E-state index contributed by atoms with van der Waals surface area (Å²) in [6.07, 6.45) is 0. The van der Waals surface area contributed by atoms with Crippen LogP contribution in [0.1, 0.15) is 0 Å². The number of anilines is 1. The first-order valence-electron chi connectivity index (χ1n) is 7.62. The Morgan fingerprint density at radius 3 is 2.56 bits per heavy atom. The number of guanidine groups is 1. The van der Waals surface area contributed by atoms with Gasteiger partial charge in [0.05, 0.1) is 12.8 Å². The van der Waals surface area contributed by atoms with Crippen LogP contribution in [0.3, 0.4) is 0 Å². The topological polar surface area (TPSA) is 72.5 Å². The number of aliphatic imine (C=N–C) groups is 1. The number of pyridine rings is 1. The fraction of sp³-hybridized carbons (Fsp3) is 0.0526. The van der Waals surface area contributed by atoms with Gasteiger partial charge in [0, 0.05) is 11.3 Å². The normalized spacial score (nSPS) is 11.2. The Hall–Kier alpha value is -3.41. The first-order chi connectivity index (χ1) is 12.1. The molecule has 25 heavy (non-hydrogen) atoms. The van der Waals surface area contributed by atoms with Gasteiger partial charge in [-0.15, -0.1) is 0 Å². The number of nitrogens with zero attached hydrogens (tertiary/aromatic N) is 2. The van der Waals surface area contributed by atoms with Crippen molar-refractivity contribution < 1.29 is 9.13 Å². The Morgan fingerprint density at radius 2 is 1.84 bits per heavy atom. The van der Waals surface area contributed by atoms with E-state index in [0.717, 1.165) is 17.0 Å².